The van der Waals surface area contributed by atoms with Crippen molar-refractivity contribution in [3.05, 3.63) is 42.5 Å². The van der Waals surface area contributed by atoms with Crippen molar-refractivity contribution in [1.82, 2.24) is 16.0 Å². The van der Waals surface area contributed by atoms with Crippen LogP contribution in [0.25, 0.3) is 10.8 Å². The third-order valence-corrected chi connectivity index (χ3v) is 5.27. The van der Waals surface area contributed by atoms with Gasteiger partial charge in [0.15, 0.2) is 0 Å². The van der Waals surface area contributed by atoms with Crippen molar-refractivity contribution in [2.24, 2.45) is 11.7 Å². The second-order valence-electron chi connectivity index (χ2n) is 8.32. The van der Waals surface area contributed by atoms with Crippen LogP contribution in [0.3, 0.4) is 0 Å². The highest BCUT2D eigenvalue weighted by Gasteiger charge is 2.31. The molecule has 2 aromatic carbocycles. The van der Waals surface area contributed by atoms with Gasteiger partial charge in [-0.3, -0.25) is 9.59 Å². The van der Waals surface area contributed by atoms with Crippen molar-refractivity contribution in [3.8, 4) is 5.75 Å². The Bertz CT molecular complexity index is 870. The van der Waals surface area contributed by atoms with Crippen LogP contribution in [0, 0.1) is 5.92 Å². The van der Waals surface area contributed by atoms with Crippen LogP contribution >= 0.6 is 0 Å². The summed E-state index contributed by atoms with van der Waals surface area (Å²) in [6.07, 6.45) is 1.37. The molecular weight excluding hydrogens is 380 g/mol. The zero-order valence-corrected chi connectivity index (χ0v) is 17.7. The Morgan fingerprint density at radius 2 is 1.97 bits per heavy atom. The number of nitrogens with two attached hydrogens (primary N) is 1. The van der Waals surface area contributed by atoms with Crippen LogP contribution in [0.4, 0.5) is 0 Å². The lowest BCUT2D eigenvalue weighted by Gasteiger charge is -2.23. The zero-order chi connectivity index (χ0) is 21.5. The predicted octanol–water partition coefficient (Wildman–Crippen LogP) is 1.55. The van der Waals surface area contributed by atoms with Gasteiger partial charge in [-0.25, -0.2) is 0 Å². The summed E-state index contributed by atoms with van der Waals surface area (Å²) in [6, 6.07) is 13.7. The Hall–Kier alpha value is -2.64. The summed E-state index contributed by atoms with van der Waals surface area (Å²) in [7, 11) is 0. The van der Waals surface area contributed by atoms with E-state index in [1.54, 1.807) is 0 Å². The number of amides is 2. The molecule has 2 amide bonds. The van der Waals surface area contributed by atoms with Crippen LogP contribution in [0.2, 0.25) is 0 Å². The van der Waals surface area contributed by atoms with Crippen LogP contribution in [-0.2, 0) is 9.59 Å². The molecule has 2 aromatic rings. The normalized spacial score (nSPS) is 19.6. The van der Waals surface area contributed by atoms with Crippen LogP contribution < -0.4 is 26.4 Å². The van der Waals surface area contributed by atoms with Crippen molar-refractivity contribution < 1.29 is 14.3 Å². The number of rotatable bonds is 9. The van der Waals surface area contributed by atoms with E-state index in [2.05, 4.69) is 41.9 Å². The molecule has 0 saturated carbocycles. The topological polar surface area (TPSA) is 105 Å². The lowest BCUT2D eigenvalue weighted by Crippen LogP contribution is -2.47. The van der Waals surface area contributed by atoms with Gasteiger partial charge >= 0.3 is 0 Å². The lowest BCUT2D eigenvalue weighted by atomic mass is 10.0. The molecule has 1 fully saturated rings. The number of benzene rings is 2. The molecule has 162 valence electrons. The number of fused-ring (bicyclic) bond motifs is 1. The molecular formula is C23H32N4O3. The highest BCUT2D eigenvalue weighted by Crippen LogP contribution is 2.21. The quantitative estimate of drug-likeness (QED) is 0.500. The first kappa shape index (κ1) is 22.1. The van der Waals surface area contributed by atoms with Crippen molar-refractivity contribution in [1.29, 1.82) is 0 Å². The first-order chi connectivity index (χ1) is 14.4. The smallest absolute Gasteiger partial charge is 0.237 e. The largest absolute Gasteiger partial charge is 0.491 e. The molecule has 3 atom stereocenters. The second-order valence-corrected chi connectivity index (χ2v) is 8.32. The number of ether oxygens (including phenoxy) is 1. The van der Waals surface area contributed by atoms with E-state index in [1.165, 1.54) is 5.39 Å². The molecule has 0 aromatic heterocycles. The molecule has 0 bridgehead atoms. The van der Waals surface area contributed by atoms with Crippen molar-refractivity contribution in [3.63, 3.8) is 0 Å². The second kappa shape index (κ2) is 10.4. The zero-order valence-electron chi connectivity index (χ0n) is 17.7. The molecule has 0 radical (unpaired) electrons. The minimum absolute atomic E-state index is 0.0457. The molecule has 1 heterocycles. The third kappa shape index (κ3) is 6.18. The molecule has 0 spiro atoms. The van der Waals surface area contributed by atoms with E-state index in [0.717, 1.165) is 17.6 Å². The van der Waals surface area contributed by atoms with Gasteiger partial charge in [-0.2, -0.15) is 0 Å². The van der Waals surface area contributed by atoms with Crippen LogP contribution in [-0.4, -0.2) is 49.6 Å². The van der Waals surface area contributed by atoms with Gasteiger partial charge in [0.1, 0.15) is 12.4 Å². The Balaban J connectivity index is 1.56. The van der Waals surface area contributed by atoms with Crippen molar-refractivity contribution in [2.45, 2.75) is 44.8 Å². The fraction of sp³-hybridized carbons (Fsp3) is 0.478. The molecule has 3 unspecified atom stereocenters. The number of carbonyl (C=O) groups excluding carboxylic acids is 2. The number of hydrogen-bond acceptors (Lipinski definition) is 5. The summed E-state index contributed by atoms with van der Waals surface area (Å²) >= 11 is 0. The standard InChI is InChI=1S/C23H32N4O3/c1-15(2)9-19(14-30-20-8-7-16-5-3-4-6-17(16)10-20)27-23(29)21-11-18(13-25-21)26-22(28)12-24/h3-8,10,15,18-19,21,25H,9,11-14,24H2,1-2H3,(H,26,28)(H,27,29). The van der Waals surface area contributed by atoms with Gasteiger partial charge in [0.05, 0.1) is 18.6 Å². The van der Waals surface area contributed by atoms with Crippen molar-refractivity contribution >= 4 is 22.6 Å². The highest BCUT2D eigenvalue weighted by atomic mass is 16.5. The van der Waals surface area contributed by atoms with Gasteiger partial charge < -0.3 is 26.4 Å². The molecule has 7 heteroatoms. The summed E-state index contributed by atoms with van der Waals surface area (Å²) < 4.78 is 6.02. The average Bonchev–Trinajstić information content (AvgIpc) is 3.20. The predicted molar refractivity (Wildman–Crippen MR) is 118 cm³/mol. The first-order valence-corrected chi connectivity index (χ1v) is 10.6. The van der Waals surface area contributed by atoms with Gasteiger partial charge in [-0.1, -0.05) is 44.2 Å². The molecule has 30 heavy (non-hydrogen) atoms. The molecule has 1 saturated heterocycles. The van der Waals surface area contributed by atoms with Crippen LogP contribution in [0.5, 0.6) is 5.75 Å². The Kier molecular flexibility index (Phi) is 7.65. The van der Waals surface area contributed by atoms with E-state index in [9.17, 15) is 9.59 Å². The van der Waals surface area contributed by atoms with Gasteiger partial charge in [-0.15, -0.1) is 0 Å². The molecule has 7 nitrogen and oxygen atoms in total. The van der Waals surface area contributed by atoms with Gasteiger partial charge in [0, 0.05) is 12.6 Å². The molecule has 1 aliphatic rings. The number of nitrogens with one attached hydrogen (secondary N) is 3. The van der Waals surface area contributed by atoms with Crippen molar-refractivity contribution in [2.75, 3.05) is 19.7 Å². The van der Waals surface area contributed by atoms with Gasteiger partial charge in [0.25, 0.3) is 0 Å². The fourth-order valence-corrected chi connectivity index (χ4v) is 3.83. The highest BCUT2D eigenvalue weighted by molar-refractivity contribution is 5.84. The van der Waals surface area contributed by atoms with Crippen LogP contribution in [0.1, 0.15) is 26.7 Å². The van der Waals surface area contributed by atoms with E-state index in [1.807, 2.05) is 30.3 Å². The number of hydrogen-bond donors (Lipinski definition) is 4. The Morgan fingerprint density at radius 3 is 2.70 bits per heavy atom. The lowest BCUT2D eigenvalue weighted by molar-refractivity contribution is -0.124. The average molecular weight is 413 g/mol. The fourth-order valence-electron chi connectivity index (χ4n) is 3.83. The molecule has 0 aliphatic carbocycles. The minimum Gasteiger partial charge on any atom is -0.491 e. The maximum Gasteiger partial charge on any atom is 0.237 e. The summed E-state index contributed by atoms with van der Waals surface area (Å²) in [5.41, 5.74) is 5.34. The van der Waals surface area contributed by atoms with Gasteiger partial charge in [-0.05, 0) is 41.7 Å². The summed E-state index contributed by atoms with van der Waals surface area (Å²) in [6.45, 7) is 5.17. The molecule has 3 rings (SSSR count). The summed E-state index contributed by atoms with van der Waals surface area (Å²) in [4.78, 5) is 24.2. The van der Waals surface area contributed by atoms with E-state index >= 15 is 0 Å². The van der Waals surface area contributed by atoms with Crippen LogP contribution in [0.15, 0.2) is 42.5 Å². The maximum absolute atomic E-state index is 12.8. The molecule has 5 N–H and O–H groups in total. The SMILES string of the molecule is CC(C)CC(COc1ccc2ccccc2c1)NC(=O)C1CC(NC(=O)CN)CN1. The number of carbonyl (C=O) groups is 2. The Morgan fingerprint density at radius 1 is 1.20 bits per heavy atom. The van der Waals surface area contributed by atoms with Gasteiger partial charge in [0.2, 0.25) is 11.8 Å². The molecule has 1 aliphatic heterocycles. The first-order valence-electron chi connectivity index (χ1n) is 10.6. The summed E-state index contributed by atoms with van der Waals surface area (Å²) in [5.74, 6) is 0.945. The monoisotopic (exact) mass is 412 g/mol. The maximum atomic E-state index is 12.8. The summed E-state index contributed by atoms with van der Waals surface area (Å²) in [5, 5.41) is 11.4. The third-order valence-electron chi connectivity index (χ3n) is 5.27. The minimum atomic E-state index is -0.330. The van der Waals surface area contributed by atoms with E-state index in [0.29, 0.717) is 25.5 Å². The van der Waals surface area contributed by atoms with E-state index in [4.69, 9.17) is 10.5 Å². The van der Waals surface area contributed by atoms with E-state index < -0.39 is 0 Å². The van der Waals surface area contributed by atoms with E-state index in [-0.39, 0.29) is 36.5 Å². The Labute approximate surface area is 177 Å².